The van der Waals surface area contributed by atoms with Crippen molar-refractivity contribution in [3.63, 3.8) is 0 Å². The lowest BCUT2D eigenvalue weighted by molar-refractivity contribution is -0.113. The van der Waals surface area contributed by atoms with E-state index in [9.17, 15) is 4.79 Å². The SMILES string of the molecule is CC[C@@H](C)c1ccc(NC(=O)CSc2nnc(-c3cccc(Cl)c3)n2Cc2ccco2)cc1. The zero-order valence-electron chi connectivity index (χ0n) is 18.5. The molecular weight excluding hydrogens is 456 g/mol. The number of hydrogen-bond acceptors (Lipinski definition) is 5. The van der Waals surface area contributed by atoms with E-state index in [1.165, 1.54) is 17.3 Å². The molecule has 2 heterocycles. The summed E-state index contributed by atoms with van der Waals surface area (Å²) in [4.78, 5) is 12.6. The lowest BCUT2D eigenvalue weighted by atomic mass is 9.99. The maximum absolute atomic E-state index is 12.6. The molecule has 2 aromatic carbocycles. The van der Waals surface area contributed by atoms with Crippen molar-refractivity contribution in [2.45, 2.75) is 37.9 Å². The van der Waals surface area contributed by atoms with Gasteiger partial charge in [0, 0.05) is 16.3 Å². The molecule has 6 nitrogen and oxygen atoms in total. The van der Waals surface area contributed by atoms with Crippen LogP contribution < -0.4 is 5.32 Å². The lowest BCUT2D eigenvalue weighted by Crippen LogP contribution is -2.15. The third kappa shape index (κ3) is 5.86. The normalized spacial score (nSPS) is 12.0. The Morgan fingerprint density at radius 1 is 1.15 bits per heavy atom. The predicted molar refractivity (Wildman–Crippen MR) is 133 cm³/mol. The maximum atomic E-state index is 12.6. The molecule has 2 aromatic heterocycles. The number of nitrogens with one attached hydrogen (secondary N) is 1. The number of aromatic nitrogens is 3. The summed E-state index contributed by atoms with van der Waals surface area (Å²) in [5, 5.41) is 12.9. The van der Waals surface area contributed by atoms with Crippen LogP contribution in [0.25, 0.3) is 11.4 Å². The molecule has 0 bridgehead atoms. The van der Waals surface area contributed by atoms with Crippen LogP contribution >= 0.6 is 23.4 Å². The average Bonchev–Trinajstić information content (AvgIpc) is 3.48. The summed E-state index contributed by atoms with van der Waals surface area (Å²) in [6, 6.07) is 19.2. The molecule has 0 fully saturated rings. The number of rotatable bonds is 9. The van der Waals surface area contributed by atoms with Gasteiger partial charge in [0.1, 0.15) is 5.76 Å². The summed E-state index contributed by atoms with van der Waals surface area (Å²) in [6.07, 6.45) is 2.71. The Labute approximate surface area is 202 Å². The van der Waals surface area contributed by atoms with E-state index in [0.29, 0.717) is 28.5 Å². The Morgan fingerprint density at radius 2 is 1.97 bits per heavy atom. The second kappa shape index (κ2) is 10.7. The zero-order chi connectivity index (χ0) is 23.2. The molecule has 0 saturated heterocycles. The predicted octanol–water partition coefficient (Wildman–Crippen LogP) is 6.48. The van der Waals surface area contributed by atoms with Gasteiger partial charge in [-0.3, -0.25) is 9.36 Å². The Morgan fingerprint density at radius 3 is 2.67 bits per heavy atom. The fourth-order valence-corrected chi connectivity index (χ4v) is 4.32. The molecule has 0 unspecified atom stereocenters. The Balaban J connectivity index is 1.47. The third-order valence-corrected chi connectivity index (χ3v) is 6.60. The number of thioether (sulfide) groups is 1. The number of furan rings is 1. The van der Waals surface area contributed by atoms with Gasteiger partial charge in [-0.15, -0.1) is 10.2 Å². The average molecular weight is 481 g/mol. The fourth-order valence-electron chi connectivity index (χ4n) is 3.40. The van der Waals surface area contributed by atoms with E-state index in [-0.39, 0.29) is 11.7 Å². The van der Waals surface area contributed by atoms with Gasteiger partial charge in [-0.2, -0.15) is 0 Å². The quantitative estimate of drug-likeness (QED) is 0.277. The third-order valence-electron chi connectivity index (χ3n) is 5.40. The number of halogens is 1. The van der Waals surface area contributed by atoms with Gasteiger partial charge in [-0.25, -0.2) is 0 Å². The van der Waals surface area contributed by atoms with Gasteiger partial charge in [0.05, 0.1) is 18.6 Å². The van der Waals surface area contributed by atoms with Crippen LogP contribution in [0.5, 0.6) is 0 Å². The summed E-state index contributed by atoms with van der Waals surface area (Å²) in [5.41, 5.74) is 2.90. The first kappa shape index (κ1) is 23.1. The summed E-state index contributed by atoms with van der Waals surface area (Å²) in [5.74, 6) is 2.04. The number of benzene rings is 2. The molecule has 1 atom stereocenters. The number of hydrogen-bond donors (Lipinski definition) is 1. The van der Waals surface area contributed by atoms with E-state index in [1.807, 2.05) is 53.1 Å². The summed E-state index contributed by atoms with van der Waals surface area (Å²) in [6.45, 7) is 4.81. The second-order valence-electron chi connectivity index (χ2n) is 7.75. The Kier molecular flexibility index (Phi) is 7.52. The van der Waals surface area contributed by atoms with Crippen molar-refractivity contribution in [2.24, 2.45) is 0 Å². The van der Waals surface area contributed by atoms with Crippen LogP contribution in [0.15, 0.2) is 76.5 Å². The highest BCUT2D eigenvalue weighted by Gasteiger charge is 2.17. The van der Waals surface area contributed by atoms with E-state index < -0.39 is 0 Å². The number of carbonyl (C=O) groups excluding carboxylic acids is 1. The molecule has 4 aromatic rings. The van der Waals surface area contributed by atoms with Crippen LogP contribution in [0.3, 0.4) is 0 Å². The Bertz CT molecular complexity index is 1210. The van der Waals surface area contributed by atoms with Crippen LogP contribution in [-0.4, -0.2) is 26.4 Å². The topological polar surface area (TPSA) is 73.0 Å². The van der Waals surface area contributed by atoms with Crippen molar-refractivity contribution in [1.29, 1.82) is 0 Å². The van der Waals surface area contributed by atoms with Crippen molar-refractivity contribution >= 4 is 35.0 Å². The van der Waals surface area contributed by atoms with Crippen LogP contribution in [0.1, 0.15) is 37.5 Å². The van der Waals surface area contributed by atoms with Gasteiger partial charge >= 0.3 is 0 Å². The van der Waals surface area contributed by atoms with Crippen molar-refractivity contribution in [3.8, 4) is 11.4 Å². The van der Waals surface area contributed by atoms with Gasteiger partial charge in [-0.1, -0.05) is 61.5 Å². The van der Waals surface area contributed by atoms with Crippen LogP contribution in [0.2, 0.25) is 5.02 Å². The van der Waals surface area contributed by atoms with Crippen molar-refractivity contribution in [3.05, 3.63) is 83.3 Å². The molecule has 0 aliphatic heterocycles. The molecule has 0 saturated carbocycles. The molecule has 0 aliphatic carbocycles. The smallest absolute Gasteiger partial charge is 0.234 e. The minimum absolute atomic E-state index is 0.104. The summed E-state index contributed by atoms with van der Waals surface area (Å²) in [7, 11) is 0. The van der Waals surface area contributed by atoms with Crippen LogP contribution in [-0.2, 0) is 11.3 Å². The monoisotopic (exact) mass is 480 g/mol. The second-order valence-corrected chi connectivity index (χ2v) is 9.13. The van der Waals surface area contributed by atoms with Crippen LogP contribution in [0.4, 0.5) is 5.69 Å². The maximum Gasteiger partial charge on any atom is 0.234 e. The minimum atomic E-state index is -0.104. The van der Waals surface area contributed by atoms with Gasteiger partial charge in [-0.05, 0) is 54.3 Å². The van der Waals surface area contributed by atoms with Crippen LogP contribution in [0, 0.1) is 0 Å². The summed E-state index contributed by atoms with van der Waals surface area (Å²) >= 11 is 7.51. The molecular formula is C25H25ClN4O2S. The standard InChI is InChI=1S/C25H25ClN4O2S/c1-3-17(2)18-9-11-21(12-10-18)27-23(31)16-33-25-29-28-24(19-6-4-7-20(26)14-19)30(25)15-22-8-5-13-32-22/h4-14,17H,3,15-16H2,1-2H3,(H,27,31)/t17-/m1/s1. The van der Waals surface area contributed by atoms with E-state index in [4.69, 9.17) is 16.0 Å². The first-order chi connectivity index (χ1) is 16.0. The highest BCUT2D eigenvalue weighted by Crippen LogP contribution is 2.27. The molecule has 0 radical (unpaired) electrons. The molecule has 0 spiro atoms. The molecule has 170 valence electrons. The van der Waals surface area contributed by atoms with E-state index >= 15 is 0 Å². The molecule has 1 N–H and O–H groups in total. The van der Waals surface area contributed by atoms with Crippen molar-refractivity contribution < 1.29 is 9.21 Å². The minimum Gasteiger partial charge on any atom is -0.467 e. The first-order valence-corrected chi connectivity index (χ1v) is 12.1. The van der Waals surface area contributed by atoms with Gasteiger partial charge in [0.2, 0.25) is 5.91 Å². The highest BCUT2D eigenvalue weighted by atomic mass is 35.5. The molecule has 33 heavy (non-hydrogen) atoms. The molecule has 1 amide bonds. The first-order valence-electron chi connectivity index (χ1n) is 10.8. The summed E-state index contributed by atoms with van der Waals surface area (Å²) < 4.78 is 7.46. The molecule has 8 heteroatoms. The number of amides is 1. The highest BCUT2D eigenvalue weighted by molar-refractivity contribution is 7.99. The van der Waals surface area contributed by atoms with E-state index in [0.717, 1.165) is 23.4 Å². The number of nitrogens with zero attached hydrogens (tertiary/aromatic N) is 3. The van der Waals surface area contributed by atoms with Gasteiger partial charge in [0.25, 0.3) is 0 Å². The van der Waals surface area contributed by atoms with Gasteiger partial charge < -0.3 is 9.73 Å². The number of carbonyl (C=O) groups is 1. The van der Waals surface area contributed by atoms with Gasteiger partial charge in [0.15, 0.2) is 11.0 Å². The Hall–Kier alpha value is -3.03. The zero-order valence-corrected chi connectivity index (χ0v) is 20.1. The molecule has 0 aliphatic rings. The van der Waals surface area contributed by atoms with Crippen molar-refractivity contribution in [2.75, 3.05) is 11.1 Å². The molecule has 4 rings (SSSR count). The fraction of sp³-hybridized carbons (Fsp3) is 0.240. The number of anilines is 1. The lowest BCUT2D eigenvalue weighted by Gasteiger charge is -2.11. The van der Waals surface area contributed by atoms with E-state index in [2.05, 4.69) is 41.5 Å². The van der Waals surface area contributed by atoms with E-state index in [1.54, 1.807) is 6.26 Å². The largest absolute Gasteiger partial charge is 0.467 e. The van der Waals surface area contributed by atoms with Crippen molar-refractivity contribution in [1.82, 2.24) is 14.8 Å².